The smallest absolute Gasteiger partial charge is 0.410 e. The van der Waals surface area contributed by atoms with Crippen molar-refractivity contribution in [2.24, 2.45) is 0 Å². The minimum absolute atomic E-state index is 0.0156. The molecule has 3 aliphatic rings. The van der Waals surface area contributed by atoms with Crippen LogP contribution in [-0.2, 0) is 14.3 Å². The number of halogens is 1. The Morgan fingerprint density at radius 1 is 0.714 bits per heavy atom. The average molecular weight is 765 g/mol. The number of imidazole rings is 1. The Labute approximate surface area is 328 Å². The van der Waals surface area contributed by atoms with Gasteiger partial charge < -0.3 is 24.7 Å². The number of aromatic amines is 1. The summed E-state index contributed by atoms with van der Waals surface area (Å²) in [7, 11) is 0. The summed E-state index contributed by atoms with van der Waals surface area (Å²) in [4.78, 5) is 52.8. The van der Waals surface area contributed by atoms with Crippen molar-refractivity contribution in [3.05, 3.63) is 102 Å². The number of carbonyl (C=O) groups excluding carboxylic acids is 3. The molecule has 1 aromatic heterocycles. The van der Waals surface area contributed by atoms with Crippen molar-refractivity contribution in [2.45, 2.75) is 115 Å². The molecule has 11 nitrogen and oxygen atoms in total. The lowest BCUT2D eigenvalue weighted by Crippen LogP contribution is -2.45. The molecule has 12 heteroatoms. The van der Waals surface area contributed by atoms with Gasteiger partial charge in [0.05, 0.1) is 30.0 Å². The summed E-state index contributed by atoms with van der Waals surface area (Å²) >= 11 is 0. The van der Waals surface area contributed by atoms with Crippen LogP contribution in [0.25, 0.3) is 11.3 Å². The van der Waals surface area contributed by atoms with Crippen LogP contribution < -0.4 is 10.2 Å². The Hall–Kier alpha value is -5.39. The van der Waals surface area contributed by atoms with E-state index in [9.17, 15) is 18.8 Å². The van der Waals surface area contributed by atoms with Gasteiger partial charge in [0.2, 0.25) is 5.91 Å². The van der Waals surface area contributed by atoms with Gasteiger partial charge in [-0.2, -0.15) is 0 Å². The highest BCUT2D eigenvalue weighted by Crippen LogP contribution is 2.47. The third kappa shape index (κ3) is 8.69. The number of H-pyrrole nitrogens is 1. The Morgan fingerprint density at radius 3 is 1.88 bits per heavy atom. The highest BCUT2D eigenvalue weighted by Gasteiger charge is 2.38. The number of hydrogen-bond acceptors (Lipinski definition) is 7. The molecule has 3 fully saturated rings. The molecule has 3 aliphatic heterocycles. The number of anilines is 2. The van der Waals surface area contributed by atoms with Crippen LogP contribution in [0.1, 0.15) is 115 Å². The van der Waals surface area contributed by atoms with Crippen LogP contribution in [0, 0.1) is 5.82 Å². The zero-order valence-electron chi connectivity index (χ0n) is 33.2. The standard InChI is InChI=1S/C44H53FN6O5/c1-43(2,3)55-41(53)49-25-7-9-37(49)39-46-27-34(48-39)28-11-13-29(14-12-28)35-23-24-36(51(35)33-21-17-31(45)18-22-33)30-15-19-32(20-16-30)47-40(52)38-10-8-26-50(38)42(54)56-44(4,5)6/h11-22,27,35-38H,7-10,23-26H2,1-6H3,(H,46,48)(H,47,52)/t35?,36?,37-,38-/m0/s1. The molecule has 0 bridgehead atoms. The minimum atomic E-state index is -0.643. The van der Waals surface area contributed by atoms with Crippen molar-refractivity contribution in [2.75, 3.05) is 23.3 Å². The number of ether oxygens (including phenoxy) is 2. The molecule has 0 radical (unpaired) electrons. The number of rotatable bonds is 7. The first-order valence-electron chi connectivity index (χ1n) is 19.7. The predicted molar refractivity (Wildman–Crippen MR) is 214 cm³/mol. The zero-order valence-corrected chi connectivity index (χ0v) is 33.2. The van der Waals surface area contributed by atoms with E-state index in [-0.39, 0.29) is 35.9 Å². The molecule has 4 atom stereocenters. The van der Waals surface area contributed by atoms with Gasteiger partial charge in [0.1, 0.15) is 28.9 Å². The number of aromatic nitrogens is 2. The maximum atomic E-state index is 14.1. The van der Waals surface area contributed by atoms with Crippen molar-refractivity contribution in [3.8, 4) is 11.3 Å². The highest BCUT2D eigenvalue weighted by molar-refractivity contribution is 5.97. The van der Waals surface area contributed by atoms with E-state index in [4.69, 9.17) is 9.47 Å². The highest BCUT2D eigenvalue weighted by atomic mass is 19.1. The first kappa shape index (κ1) is 38.9. The van der Waals surface area contributed by atoms with Crippen LogP contribution >= 0.6 is 0 Å². The summed E-state index contributed by atoms with van der Waals surface area (Å²) in [5.41, 5.74) is 4.45. The normalized spacial score (nSPS) is 21.4. The number of amides is 3. The number of hydrogen-bond donors (Lipinski definition) is 2. The molecule has 0 spiro atoms. The summed E-state index contributed by atoms with van der Waals surface area (Å²) in [5, 5.41) is 3.01. The van der Waals surface area contributed by atoms with Crippen molar-refractivity contribution >= 4 is 29.5 Å². The predicted octanol–water partition coefficient (Wildman–Crippen LogP) is 9.71. The van der Waals surface area contributed by atoms with Gasteiger partial charge in [-0.3, -0.25) is 14.6 Å². The van der Waals surface area contributed by atoms with Crippen LogP contribution in [-0.4, -0.2) is 68.2 Å². The van der Waals surface area contributed by atoms with Crippen LogP contribution in [0.4, 0.5) is 25.4 Å². The summed E-state index contributed by atoms with van der Waals surface area (Å²) < 4.78 is 25.3. The Balaban J connectivity index is 1.06. The molecule has 2 N–H and O–H groups in total. The molecule has 3 amide bonds. The molecule has 3 saturated heterocycles. The summed E-state index contributed by atoms with van der Waals surface area (Å²) in [6, 6.07) is 22.3. The van der Waals surface area contributed by atoms with E-state index in [1.807, 2.05) is 84.1 Å². The van der Waals surface area contributed by atoms with Crippen LogP contribution in [0.3, 0.4) is 0 Å². The first-order chi connectivity index (χ1) is 26.6. The van der Waals surface area contributed by atoms with E-state index >= 15 is 0 Å². The van der Waals surface area contributed by atoms with Gasteiger partial charge >= 0.3 is 12.2 Å². The Bertz CT molecular complexity index is 2020. The Morgan fingerprint density at radius 2 is 1.27 bits per heavy atom. The maximum absolute atomic E-state index is 14.1. The largest absolute Gasteiger partial charge is 0.444 e. The summed E-state index contributed by atoms with van der Waals surface area (Å²) in [5.74, 6) is 0.232. The molecule has 0 saturated carbocycles. The lowest BCUT2D eigenvalue weighted by molar-refractivity contribution is -0.120. The molecule has 296 valence electrons. The van der Waals surface area contributed by atoms with E-state index in [1.54, 1.807) is 4.90 Å². The van der Waals surface area contributed by atoms with Crippen LogP contribution in [0.2, 0.25) is 0 Å². The van der Waals surface area contributed by atoms with Crippen LogP contribution in [0.5, 0.6) is 0 Å². The number of likely N-dealkylation sites (tertiary alicyclic amines) is 2. The molecular formula is C44H53FN6O5. The Kier molecular flexibility index (Phi) is 10.8. The van der Waals surface area contributed by atoms with Crippen molar-refractivity contribution in [1.82, 2.24) is 19.8 Å². The maximum Gasteiger partial charge on any atom is 0.410 e. The SMILES string of the molecule is CC(C)(C)OC(=O)N1CCC[C@H]1C(=O)Nc1ccc(C2CCC(c3ccc(-c4cnc([C@@H]5CCCN5C(=O)OC(C)(C)C)[nH]4)cc3)N2c2ccc(F)cc2)cc1. The van der Waals surface area contributed by atoms with Crippen molar-refractivity contribution in [1.29, 1.82) is 0 Å². The molecule has 0 aliphatic carbocycles. The number of benzene rings is 3. The van der Waals surface area contributed by atoms with Gasteiger partial charge in [0, 0.05) is 24.5 Å². The molecule has 3 aromatic carbocycles. The minimum Gasteiger partial charge on any atom is -0.444 e. The fourth-order valence-corrected chi connectivity index (χ4v) is 8.16. The van der Waals surface area contributed by atoms with E-state index in [1.165, 1.54) is 17.0 Å². The lowest BCUT2D eigenvalue weighted by Gasteiger charge is -2.33. The van der Waals surface area contributed by atoms with E-state index in [0.29, 0.717) is 25.2 Å². The number of nitrogens with one attached hydrogen (secondary N) is 2. The van der Waals surface area contributed by atoms with Gasteiger partial charge in [-0.25, -0.2) is 19.0 Å². The first-order valence-corrected chi connectivity index (χ1v) is 19.7. The van der Waals surface area contributed by atoms with Gasteiger partial charge in [-0.1, -0.05) is 36.4 Å². The summed E-state index contributed by atoms with van der Waals surface area (Å²) in [6.07, 6.45) is 5.82. The van der Waals surface area contributed by atoms with Crippen LogP contribution in [0.15, 0.2) is 79.0 Å². The quantitative estimate of drug-likeness (QED) is 0.192. The molecule has 7 rings (SSSR count). The van der Waals surface area contributed by atoms with Crippen molar-refractivity contribution in [3.63, 3.8) is 0 Å². The fraction of sp³-hybridized carbons (Fsp3) is 0.455. The fourth-order valence-electron chi connectivity index (χ4n) is 8.16. The molecular weight excluding hydrogens is 712 g/mol. The average Bonchev–Trinajstić information content (AvgIpc) is 3.97. The second-order valence-corrected chi connectivity index (χ2v) is 17.1. The van der Waals surface area contributed by atoms with Crippen molar-refractivity contribution < 1.29 is 28.2 Å². The topological polar surface area (TPSA) is 120 Å². The second-order valence-electron chi connectivity index (χ2n) is 17.1. The number of nitrogens with zero attached hydrogens (tertiary/aromatic N) is 4. The number of carbonyl (C=O) groups is 3. The molecule has 4 heterocycles. The van der Waals surface area contributed by atoms with E-state index < -0.39 is 23.3 Å². The van der Waals surface area contributed by atoms with Gasteiger partial charge in [0.25, 0.3) is 0 Å². The second kappa shape index (κ2) is 15.6. The third-order valence-corrected chi connectivity index (χ3v) is 10.7. The van der Waals surface area contributed by atoms with Gasteiger partial charge in [-0.05, 0) is 133 Å². The van der Waals surface area contributed by atoms with E-state index in [2.05, 4.69) is 44.5 Å². The zero-order chi connectivity index (χ0) is 39.8. The molecule has 56 heavy (non-hydrogen) atoms. The molecule has 4 aromatic rings. The van der Waals surface area contributed by atoms with Gasteiger partial charge in [0.15, 0.2) is 0 Å². The van der Waals surface area contributed by atoms with E-state index in [0.717, 1.165) is 66.0 Å². The summed E-state index contributed by atoms with van der Waals surface area (Å²) in [6.45, 7) is 12.2. The third-order valence-electron chi connectivity index (χ3n) is 10.7. The molecule has 2 unspecified atom stereocenters. The lowest BCUT2D eigenvalue weighted by atomic mass is 10.0. The van der Waals surface area contributed by atoms with Gasteiger partial charge in [-0.15, -0.1) is 0 Å². The monoisotopic (exact) mass is 764 g/mol.